The van der Waals surface area contributed by atoms with Gasteiger partial charge in [-0.25, -0.2) is 13.8 Å². The van der Waals surface area contributed by atoms with Crippen LogP contribution in [0.5, 0.6) is 0 Å². The molecule has 2 aromatic carbocycles. The molecule has 0 bridgehead atoms. The fourth-order valence-electron chi connectivity index (χ4n) is 2.93. The Hall–Kier alpha value is -3.22. The Bertz CT molecular complexity index is 1090. The molecule has 0 aliphatic carbocycles. The van der Waals surface area contributed by atoms with E-state index in [1.807, 2.05) is 0 Å². The first-order valence-electron chi connectivity index (χ1n) is 8.18. The van der Waals surface area contributed by atoms with Crippen molar-refractivity contribution < 1.29 is 9.18 Å². The SMILES string of the molecule is CC(C)[C@@H](C(=O)Nc1cccc(F)c1)n1c(=O)[nH]c2ccccc2c1=O. The van der Waals surface area contributed by atoms with Gasteiger partial charge in [0.2, 0.25) is 5.91 Å². The zero-order valence-corrected chi connectivity index (χ0v) is 14.3. The molecule has 2 N–H and O–H groups in total. The largest absolute Gasteiger partial charge is 0.329 e. The lowest BCUT2D eigenvalue weighted by atomic mass is 10.0. The number of hydrogen-bond donors (Lipinski definition) is 2. The molecule has 0 saturated heterocycles. The Morgan fingerprint density at radius 2 is 1.85 bits per heavy atom. The van der Waals surface area contributed by atoms with Gasteiger partial charge in [0.15, 0.2) is 0 Å². The van der Waals surface area contributed by atoms with Gasteiger partial charge in [-0.3, -0.25) is 9.59 Å². The van der Waals surface area contributed by atoms with Crippen LogP contribution >= 0.6 is 0 Å². The van der Waals surface area contributed by atoms with Crippen molar-refractivity contribution in [1.29, 1.82) is 0 Å². The van der Waals surface area contributed by atoms with Crippen LogP contribution < -0.4 is 16.6 Å². The Labute approximate surface area is 148 Å². The summed E-state index contributed by atoms with van der Waals surface area (Å²) in [5, 5.41) is 2.89. The first kappa shape index (κ1) is 17.6. The highest BCUT2D eigenvalue weighted by Gasteiger charge is 2.28. The third kappa shape index (κ3) is 3.28. The summed E-state index contributed by atoms with van der Waals surface area (Å²) in [7, 11) is 0. The number of H-pyrrole nitrogens is 1. The van der Waals surface area contributed by atoms with Gasteiger partial charge in [0.25, 0.3) is 5.56 Å². The molecule has 3 rings (SSSR count). The van der Waals surface area contributed by atoms with E-state index in [1.165, 1.54) is 24.3 Å². The molecule has 134 valence electrons. The molecule has 0 fully saturated rings. The smallest absolute Gasteiger partial charge is 0.324 e. The summed E-state index contributed by atoms with van der Waals surface area (Å²) < 4.78 is 14.3. The Morgan fingerprint density at radius 1 is 1.12 bits per heavy atom. The van der Waals surface area contributed by atoms with Crippen LogP contribution in [0, 0.1) is 11.7 Å². The first-order valence-corrected chi connectivity index (χ1v) is 8.18. The van der Waals surface area contributed by atoms with E-state index in [0.29, 0.717) is 10.9 Å². The lowest BCUT2D eigenvalue weighted by Gasteiger charge is -2.22. The number of benzene rings is 2. The number of amides is 1. The topological polar surface area (TPSA) is 84.0 Å². The monoisotopic (exact) mass is 355 g/mol. The maximum Gasteiger partial charge on any atom is 0.329 e. The van der Waals surface area contributed by atoms with E-state index >= 15 is 0 Å². The van der Waals surface area contributed by atoms with Crippen LogP contribution in [0.15, 0.2) is 58.1 Å². The third-order valence-corrected chi connectivity index (χ3v) is 4.11. The fraction of sp³-hybridized carbons (Fsp3) is 0.211. The molecule has 0 saturated carbocycles. The lowest BCUT2D eigenvalue weighted by Crippen LogP contribution is -2.44. The minimum atomic E-state index is -1.04. The van der Waals surface area contributed by atoms with E-state index in [-0.39, 0.29) is 11.6 Å². The normalized spacial score (nSPS) is 12.3. The number of anilines is 1. The molecule has 0 unspecified atom stereocenters. The molecule has 7 heteroatoms. The number of carbonyl (C=O) groups excluding carboxylic acids is 1. The number of rotatable bonds is 4. The predicted octanol–water partition coefficient (Wildman–Crippen LogP) is 2.66. The summed E-state index contributed by atoms with van der Waals surface area (Å²) in [6, 6.07) is 11.0. The fourth-order valence-corrected chi connectivity index (χ4v) is 2.93. The minimum Gasteiger partial charge on any atom is -0.324 e. The van der Waals surface area contributed by atoms with Crippen molar-refractivity contribution in [3.8, 4) is 0 Å². The maximum atomic E-state index is 13.3. The summed E-state index contributed by atoms with van der Waals surface area (Å²) >= 11 is 0. The molecule has 1 aromatic heterocycles. The number of aromatic amines is 1. The van der Waals surface area contributed by atoms with E-state index in [9.17, 15) is 18.8 Å². The van der Waals surface area contributed by atoms with Crippen molar-refractivity contribution in [3.63, 3.8) is 0 Å². The predicted molar refractivity (Wildman–Crippen MR) is 97.7 cm³/mol. The highest BCUT2D eigenvalue weighted by Crippen LogP contribution is 2.19. The van der Waals surface area contributed by atoms with Crippen LogP contribution in [0.25, 0.3) is 10.9 Å². The molecule has 0 aliphatic heterocycles. The molecular formula is C19H18FN3O3. The Kier molecular flexibility index (Phi) is 4.71. The molecule has 1 atom stereocenters. The zero-order chi connectivity index (χ0) is 18.8. The van der Waals surface area contributed by atoms with Crippen LogP contribution in [0.4, 0.5) is 10.1 Å². The highest BCUT2D eigenvalue weighted by molar-refractivity contribution is 5.94. The summed E-state index contributed by atoms with van der Waals surface area (Å²) in [5.74, 6) is -1.40. The zero-order valence-electron chi connectivity index (χ0n) is 14.3. The number of carbonyl (C=O) groups is 1. The van der Waals surface area contributed by atoms with Crippen molar-refractivity contribution in [3.05, 3.63) is 75.2 Å². The summed E-state index contributed by atoms with van der Waals surface area (Å²) in [6.07, 6.45) is 0. The van der Waals surface area contributed by atoms with Crippen molar-refractivity contribution in [2.24, 2.45) is 5.92 Å². The van der Waals surface area contributed by atoms with Crippen LogP contribution in [0.3, 0.4) is 0 Å². The number of halogens is 1. The average Bonchev–Trinajstić information content (AvgIpc) is 2.58. The molecule has 0 spiro atoms. The standard InChI is InChI=1S/C19H18FN3O3/c1-11(2)16(17(24)21-13-7-5-6-12(20)10-13)23-18(25)14-8-3-4-9-15(14)22-19(23)26/h3-11,16H,1-2H3,(H,21,24)(H,22,26)/t16-/m0/s1. The Balaban J connectivity index is 2.08. The number of aromatic nitrogens is 2. The summed E-state index contributed by atoms with van der Waals surface area (Å²) in [4.78, 5) is 40.7. The van der Waals surface area contributed by atoms with E-state index in [0.717, 1.165) is 4.57 Å². The van der Waals surface area contributed by atoms with Gasteiger partial charge < -0.3 is 10.3 Å². The van der Waals surface area contributed by atoms with E-state index in [4.69, 9.17) is 0 Å². The maximum absolute atomic E-state index is 13.3. The van der Waals surface area contributed by atoms with Gasteiger partial charge in [-0.15, -0.1) is 0 Å². The van der Waals surface area contributed by atoms with Gasteiger partial charge in [0.05, 0.1) is 10.9 Å². The second-order valence-corrected chi connectivity index (χ2v) is 6.34. The summed E-state index contributed by atoms with van der Waals surface area (Å²) in [5.41, 5.74) is -0.544. The molecule has 6 nitrogen and oxygen atoms in total. The third-order valence-electron chi connectivity index (χ3n) is 4.11. The molecule has 0 radical (unpaired) electrons. The number of fused-ring (bicyclic) bond motifs is 1. The van der Waals surface area contributed by atoms with Crippen molar-refractivity contribution in [2.45, 2.75) is 19.9 Å². The second kappa shape index (κ2) is 6.95. The molecule has 26 heavy (non-hydrogen) atoms. The van der Waals surface area contributed by atoms with Gasteiger partial charge in [-0.2, -0.15) is 0 Å². The van der Waals surface area contributed by atoms with E-state index in [1.54, 1.807) is 38.1 Å². The highest BCUT2D eigenvalue weighted by atomic mass is 19.1. The Morgan fingerprint density at radius 3 is 2.54 bits per heavy atom. The van der Waals surface area contributed by atoms with Gasteiger partial charge in [0.1, 0.15) is 11.9 Å². The summed E-state index contributed by atoms with van der Waals surface area (Å²) in [6.45, 7) is 3.47. The van der Waals surface area contributed by atoms with Crippen LogP contribution in [0.1, 0.15) is 19.9 Å². The van der Waals surface area contributed by atoms with Crippen LogP contribution in [-0.4, -0.2) is 15.5 Å². The first-order chi connectivity index (χ1) is 12.4. The molecule has 1 heterocycles. The number of nitrogens with zero attached hydrogens (tertiary/aromatic N) is 1. The van der Waals surface area contributed by atoms with Gasteiger partial charge in [-0.05, 0) is 36.2 Å². The van der Waals surface area contributed by atoms with Crippen LogP contribution in [-0.2, 0) is 4.79 Å². The molecule has 1 amide bonds. The van der Waals surface area contributed by atoms with Gasteiger partial charge in [0, 0.05) is 5.69 Å². The second-order valence-electron chi connectivity index (χ2n) is 6.34. The van der Waals surface area contributed by atoms with Crippen molar-refractivity contribution >= 4 is 22.5 Å². The van der Waals surface area contributed by atoms with Crippen molar-refractivity contribution in [2.75, 3.05) is 5.32 Å². The van der Waals surface area contributed by atoms with Crippen molar-refractivity contribution in [1.82, 2.24) is 9.55 Å². The lowest BCUT2D eigenvalue weighted by molar-refractivity contribution is -0.120. The molecule has 3 aromatic rings. The number of nitrogens with one attached hydrogen (secondary N) is 2. The van der Waals surface area contributed by atoms with Gasteiger partial charge >= 0.3 is 5.69 Å². The van der Waals surface area contributed by atoms with E-state index < -0.39 is 29.0 Å². The minimum absolute atomic E-state index is 0.255. The number of hydrogen-bond acceptors (Lipinski definition) is 3. The van der Waals surface area contributed by atoms with E-state index in [2.05, 4.69) is 10.3 Å². The molecular weight excluding hydrogens is 337 g/mol. The number of para-hydroxylation sites is 1. The quantitative estimate of drug-likeness (QED) is 0.755. The molecule has 0 aliphatic rings. The average molecular weight is 355 g/mol. The van der Waals surface area contributed by atoms with Crippen LogP contribution in [0.2, 0.25) is 0 Å². The van der Waals surface area contributed by atoms with Gasteiger partial charge in [-0.1, -0.05) is 32.0 Å².